The Morgan fingerprint density at radius 2 is 1.74 bits per heavy atom. The fourth-order valence-corrected chi connectivity index (χ4v) is 3.52. The zero-order valence-electron chi connectivity index (χ0n) is 19.2. The van der Waals surface area contributed by atoms with E-state index in [1.165, 1.54) is 32.0 Å². The normalized spacial score (nSPS) is 10.8. The highest BCUT2D eigenvalue weighted by atomic mass is 16.5. The Morgan fingerprint density at radius 3 is 2.41 bits per heavy atom. The molecule has 1 N–H and O–H groups in total. The SMILES string of the molecule is COc1ccc(NC(=O)Cn2c(=O)c3cnc(-c4ccc(C)cc4)nc3n(C)c2=O)cc1OC. The molecule has 0 radical (unpaired) electrons. The smallest absolute Gasteiger partial charge is 0.332 e. The van der Waals surface area contributed by atoms with Crippen LogP contribution in [0, 0.1) is 6.92 Å². The number of aryl methyl sites for hydroxylation is 2. The number of hydrogen-bond donors (Lipinski definition) is 1. The van der Waals surface area contributed by atoms with Crippen LogP contribution in [0.15, 0.2) is 58.3 Å². The van der Waals surface area contributed by atoms with Crippen molar-refractivity contribution in [3.05, 3.63) is 75.1 Å². The van der Waals surface area contributed by atoms with Crippen LogP contribution in [0.5, 0.6) is 11.5 Å². The van der Waals surface area contributed by atoms with Gasteiger partial charge in [-0.05, 0) is 19.1 Å². The maximum Gasteiger partial charge on any atom is 0.332 e. The van der Waals surface area contributed by atoms with Crippen LogP contribution in [-0.2, 0) is 18.4 Å². The third-order valence-electron chi connectivity index (χ3n) is 5.36. The van der Waals surface area contributed by atoms with Crippen LogP contribution in [-0.4, -0.2) is 39.2 Å². The second-order valence-electron chi connectivity index (χ2n) is 7.65. The molecular weight excluding hydrogens is 438 g/mol. The van der Waals surface area contributed by atoms with Crippen molar-refractivity contribution in [1.29, 1.82) is 0 Å². The molecule has 10 nitrogen and oxygen atoms in total. The van der Waals surface area contributed by atoms with E-state index in [1.807, 2.05) is 31.2 Å². The van der Waals surface area contributed by atoms with Crippen molar-refractivity contribution in [1.82, 2.24) is 19.1 Å². The summed E-state index contributed by atoms with van der Waals surface area (Å²) in [5.74, 6) is 0.777. The van der Waals surface area contributed by atoms with Gasteiger partial charge < -0.3 is 14.8 Å². The molecule has 10 heteroatoms. The average Bonchev–Trinajstić information content (AvgIpc) is 2.85. The Morgan fingerprint density at radius 1 is 1.03 bits per heavy atom. The van der Waals surface area contributed by atoms with Crippen molar-refractivity contribution in [2.45, 2.75) is 13.5 Å². The molecule has 4 rings (SSSR count). The Hall–Kier alpha value is -4.47. The zero-order valence-corrected chi connectivity index (χ0v) is 19.2. The molecule has 174 valence electrons. The van der Waals surface area contributed by atoms with Gasteiger partial charge in [-0.25, -0.2) is 14.8 Å². The van der Waals surface area contributed by atoms with Gasteiger partial charge in [0, 0.05) is 30.6 Å². The zero-order chi connectivity index (χ0) is 24.4. The number of fused-ring (bicyclic) bond motifs is 1. The molecule has 0 atom stereocenters. The molecule has 0 saturated carbocycles. The highest BCUT2D eigenvalue weighted by molar-refractivity contribution is 5.91. The predicted molar refractivity (Wildman–Crippen MR) is 127 cm³/mol. The average molecular weight is 461 g/mol. The van der Waals surface area contributed by atoms with Crippen molar-refractivity contribution in [3.63, 3.8) is 0 Å². The number of rotatable bonds is 6. The Balaban J connectivity index is 1.66. The van der Waals surface area contributed by atoms with Crippen LogP contribution in [0.1, 0.15) is 5.56 Å². The quantitative estimate of drug-likeness (QED) is 0.467. The number of benzene rings is 2. The summed E-state index contributed by atoms with van der Waals surface area (Å²) in [5, 5.41) is 2.80. The van der Waals surface area contributed by atoms with Gasteiger partial charge >= 0.3 is 5.69 Å². The number of ether oxygens (including phenoxy) is 2. The molecule has 2 heterocycles. The third-order valence-corrected chi connectivity index (χ3v) is 5.36. The molecule has 0 aliphatic heterocycles. The molecule has 34 heavy (non-hydrogen) atoms. The summed E-state index contributed by atoms with van der Waals surface area (Å²) in [4.78, 5) is 47.3. The lowest BCUT2D eigenvalue weighted by Gasteiger charge is -2.12. The number of amides is 1. The van der Waals surface area contributed by atoms with Gasteiger partial charge in [0.2, 0.25) is 5.91 Å². The fourth-order valence-electron chi connectivity index (χ4n) is 3.52. The van der Waals surface area contributed by atoms with E-state index in [0.29, 0.717) is 23.0 Å². The first kappa shape index (κ1) is 22.7. The van der Waals surface area contributed by atoms with Crippen LogP contribution < -0.4 is 26.0 Å². The second-order valence-corrected chi connectivity index (χ2v) is 7.65. The maximum atomic E-state index is 13.0. The summed E-state index contributed by atoms with van der Waals surface area (Å²) >= 11 is 0. The molecule has 2 aromatic heterocycles. The van der Waals surface area contributed by atoms with E-state index in [0.717, 1.165) is 15.7 Å². The number of hydrogen-bond acceptors (Lipinski definition) is 7. The van der Waals surface area contributed by atoms with Crippen molar-refractivity contribution < 1.29 is 14.3 Å². The Labute approximate surface area is 194 Å². The fraction of sp³-hybridized carbons (Fsp3) is 0.208. The third kappa shape index (κ3) is 4.25. The molecule has 0 spiro atoms. The van der Waals surface area contributed by atoms with Gasteiger partial charge in [-0.1, -0.05) is 29.8 Å². The van der Waals surface area contributed by atoms with Gasteiger partial charge in [-0.3, -0.25) is 18.7 Å². The van der Waals surface area contributed by atoms with Gasteiger partial charge in [0.15, 0.2) is 23.0 Å². The number of aromatic nitrogens is 4. The lowest BCUT2D eigenvalue weighted by atomic mass is 10.1. The summed E-state index contributed by atoms with van der Waals surface area (Å²) < 4.78 is 12.5. The molecule has 0 fully saturated rings. The van der Waals surface area contributed by atoms with Crippen molar-refractivity contribution in [3.8, 4) is 22.9 Å². The summed E-state index contributed by atoms with van der Waals surface area (Å²) in [6, 6.07) is 12.4. The van der Waals surface area contributed by atoms with Crippen molar-refractivity contribution in [2.24, 2.45) is 7.05 Å². The van der Waals surface area contributed by atoms with E-state index in [9.17, 15) is 14.4 Å². The minimum atomic E-state index is -0.659. The van der Waals surface area contributed by atoms with E-state index < -0.39 is 23.7 Å². The van der Waals surface area contributed by atoms with Crippen LogP contribution in [0.4, 0.5) is 5.69 Å². The Kier molecular flexibility index (Phi) is 6.13. The van der Waals surface area contributed by atoms with Gasteiger partial charge in [0.1, 0.15) is 11.9 Å². The van der Waals surface area contributed by atoms with Gasteiger partial charge in [0.25, 0.3) is 5.56 Å². The Bertz CT molecular complexity index is 1510. The lowest BCUT2D eigenvalue weighted by Crippen LogP contribution is -2.42. The molecule has 4 aromatic rings. The topological polar surface area (TPSA) is 117 Å². The van der Waals surface area contributed by atoms with E-state index in [2.05, 4.69) is 15.3 Å². The van der Waals surface area contributed by atoms with Gasteiger partial charge in [-0.2, -0.15) is 0 Å². The summed E-state index contributed by atoms with van der Waals surface area (Å²) in [5.41, 5.74) is 1.17. The predicted octanol–water partition coefficient (Wildman–Crippen LogP) is 2.12. The van der Waals surface area contributed by atoms with Crippen LogP contribution in [0.3, 0.4) is 0 Å². The molecule has 0 aliphatic rings. The molecule has 0 bridgehead atoms. The summed E-state index contributed by atoms with van der Waals surface area (Å²) in [6.07, 6.45) is 1.38. The highest BCUT2D eigenvalue weighted by Crippen LogP contribution is 2.29. The second kappa shape index (κ2) is 9.18. The number of carbonyl (C=O) groups excluding carboxylic acids is 1. The number of nitrogens with zero attached hydrogens (tertiary/aromatic N) is 4. The highest BCUT2D eigenvalue weighted by Gasteiger charge is 2.17. The first-order chi connectivity index (χ1) is 16.3. The molecule has 2 aromatic carbocycles. The minimum absolute atomic E-state index is 0.136. The number of anilines is 1. The van der Waals surface area contributed by atoms with Crippen LogP contribution in [0.2, 0.25) is 0 Å². The first-order valence-electron chi connectivity index (χ1n) is 10.4. The molecule has 0 saturated heterocycles. The number of carbonyl (C=O) groups is 1. The van der Waals surface area contributed by atoms with Crippen molar-refractivity contribution in [2.75, 3.05) is 19.5 Å². The van der Waals surface area contributed by atoms with E-state index in [4.69, 9.17) is 9.47 Å². The minimum Gasteiger partial charge on any atom is -0.493 e. The monoisotopic (exact) mass is 461 g/mol. The van der Waals surface area contributed by atoms with Crippen LogP contribution >= 0.6 is 0 Å². The molecule has 0 aliphatic carbocycles. The lowest BCUT2D eigenvalue weighted by molar-refractivity contribution is -0.116. The molecular formula is C24H23N5O5. The number of nitrogens with one attached hydrogen (secondary N) is 1. The summed E-state index contributed by atoms with van der Waals surface area (Å²) in [6.45, 7) is 1.49. The maximum absolute atomic E-state index is 13.0. The summed E-state index contributed by atoms with van der Waals surface area (Å²) in [7, 11) is 4.48. The molecule has 0 unspecified atom stereocenters. The van der Waals surface area contributed by atoms with Gasteiger partial charge in [-0.15, -0.1) is 0 Å². The van der Waals surface area contributed by atoms with Gasteiger partial charge in [0.05, 0.1) is 14.2 Å². The largest absolute Gasteiger partial charge is 0.493 e. The first-order valence-corrected chi connectivity index (χ1v) is 10.4. The standard InChI is InChI=1S/C24H23N5O5/c1-14-5-7-15(8-6-14)21-25-12-17-22(27-21)28(2)24(32)29(23(17)31)13-20(30)26-16-9-10-18(33-3)19(11-16)34-4/h5-12H,13H2,1-4H3,(H,26,30). The van der Waals surface area contributed by atoms with Crippen LogP contribution in [0.25, 0.3) is 22.4 Å². The molecule has 1 amide bonds. The van der Waals surface area contributed by atoms with E-state index in [-0.39, 0.29) is 11.0 Å². The van der Waals surface area contributed by atoms with E-state index in [1.54, 1.807) is 18.2 Å². The van der Waals surface area contributed by atoms with E-state index >= 15 is 0 Å². The number of methoxy groups -OCH3 is 2. The van der Waals surface area contributed by atoms with Crippen molar-refractivity contribution >= 4 is 22.6 Å².